The first-order valence-corrected chi connectivity index (χ1v) is 5.88. The lowest BCUT2D eigenvalue weighted by molar-refractivity contribution is -0.120. The van der Waals surface area contributed by atoms with E-state index in [1.54, 1.807) is 24.5 Å². The summed E-state index contributed by atoms with van der Waals surface area (Å²) >= 11 is 0. The molecule has 0 aliphatic heterocycles. The molecule has 19 heavy (non-hydrogen) atoms. The second-order valence-corrected chi connectivity index (χ2v) is 3.97. The third-order valence-electron chi connectivity index (χ3n) is 2.55. The van der Waals surface area contributed by atoms with Crippen molar-refractivity contribution in [2.45, 2.75) is 6.42 Å². The summed E-state index contributed by atoms with van der Waals surface area (Å²) in [7, 11) is 1.90. The van der Waals surface area contributed by atoms with E-state index in [0.29, 0.717) is 6.42 Å². The molecule has 0 aromatic carbocycles. The maximum atomic E-state index is 11.6. The maximum Gasteiger partial charge on any atom is 0.245 e. The summed E-state index contributed by atoms with van der Waals surface area (Å²) in [6, 6.07) is 7.44. The topological polar surface area (TPSA) is 59.5 Å². The van der Waals surface area contributed by atoms with Gasteiger partial charge in [0.1, 0.15) is 5.76 Å². The van der Waals surface area contributed by atoms with E-state index in [1.165, 1.54) is 6.21 Å². The van der Waals surface area contributed by atoms with Crippen LogP contribution in [-0.2, 0) is 18.3 Å². The SMILES string of the molecule is Cn1cccc1CC(=O)N/N=C/C=C/c1ccco1. The number of furan rings is 1. The van der Waals surface area contributed by atoms with Crippen LogP contribution in [0.3, 0.4) is 0 Å². The molecule has 2 heterocycles. The fourth-order valence-corrected chi connectivity index (χ4v) is 1.56. The molecule has 98 valence electrons. The zero-order chi connectivity index (χ0) is 13.5. The molecule has 5 heteroatoms. The van der Waals surface area contributed by atoms with Gasteiger partial charge in [0.25, 0.3) is 0 Å². The number of allylic oxidation sites excluding steroid dienone is 1. The second-order valence-electron chi connectivity index (χ2n) is 3.97. The minimum atomic E-state index is -0.149. The quantitative estimate of drug-likeness (QED) is 0.657. The van der Waals surface area contributed by atoms with Crippen LogP contribution in [0.1, 0.15) is 11.5 Å². The van der Waals surface area contributed by atoms with Crippen LogP contribution in [0.15, 0.2) is 52.3 Å². The number of nitrogens with one attached hydrogen (secondary N) is 1. The van der Waals surface area contributed by atoms with Gasteiger partial charge in [-0.15, -0.1) is 0 Å². The third-order valence-corrected chi connectivity index (χ3v) is 2.55. The predicted molar refractivity (Wildman–Crippen MR) is 73.5 cm³/mol. The van der Waals surface area contributed by atoms with E-state index in [4.69, 9.17) is 4.42 Å². The fraction of sp³-hybridized carbons (Fsp3) is 0.143. The highest BCUT2D eigenvalue weighted by molar-refractivity contribution is 5.81. The number of aromatic nitrogens is 1. The standard InChI is InChI=1S/C14H15N3O2/c1-17-9-3-5-12(17)11-14(18)16-15-8-2-6-13-7-4-10-19-13/h2-10H,11H2,1H3,(H,16,18)/b6-2+,15-8+. The monoisotopic (exact) mass is 257 g/mol. The van der Waals surface area contributed by atoms with Crippen molar-refractivity contribution in [1.82, 2.24) is 9.99 Å². The van der Waals surface area contributed by atoms with E-state index >= 15 is 0 Å². The molecule has 2 rings (SSSR count). The number of carbonyl (C=O) groups is 1. The zero-order valence-corrected chi connectivity index (χ0v) is 10.6. The van der Waals surface area contributed by atoms with E-state index in [2.05, 4.69) is 10.5 Å². The molecule has 0 atom stereocenters. The van der Waals surface area contributed by atoms with Gasteiger partial charge in [-0.3, -0.25) is 4.79 Å². The molecule has 0 aliphatic carbocycles. The van der Waals surface area contributed by atoms with Crippen LogP contribution in [-0.4, -0.2) is 16.7 Å². The third kappa shape index (κ3) is 3.99. The summed E-state index contributed by atoms with van der Waals surface area (Å²) in [6.45, 7) is 0. The normalized spacial score (nSPS) is 11.4. The molecule has 0 saturated heterocycles. The molecule has 1 N–H and O–H groups in total. The molecule has 0 fully saturated rings. The number of hydrogen-bond donors (Lipinski definition) is 1. The first kappa shape index (κ1) is 12.9. The van der Waals surface area contributed by atoms with E-state index in [1.807, 2.05) is 36.0 Å². The van der Waals surface area contributed by atoms with Crippen LogP contribution in [0.4, 0.5) is 0 Å². The van der Waals surface area contributed by atoms with Gasteiger partial charge in [-0.1, -0.05) is 0 Å². The van der Waals surface area contributed by atoms with Crippen LogP contribution < -0.4 is 5.43 Å². The van der Waals surface area contributed by atoms with Gasteiger partial charge in [0.15, 0.2) is 0 Å². The number of nitrogens with zero attached hydrogens (tertiary/aromatic N) is 2. The molecule has 1 amide bonds. The van der Waals surface area contributed by atoms with Gasteiger partial charge >= 0.3 is 0 Å². The minimum absolute atomic E-state index is 0.149. The van der Waals surface area contributed by atoms with E-state index in [-0.39, 0.29) is 5.91 Å². The Labute approximate surface area is 111 Å². The Balaban J connectivity index is 1.76. The van der Waals surface area contributed by atoms with Crippen molar-refractivity contribution in [3.63, 3.8) is 0 Å². The Kier molecular flexibility index (Phi) is 4.34. The van der Waals surface area contributed by atoms with Crippen LogP contribution in [0.25, 0.3) is 6.08 Å². The number of hydrogen-bond acceptors (Lipinski definition) is 3. The van der Waals surface area contributed by atoms with Gasteiger partial charge in [-0.25, -0.2) is 5.43 Å². The molecule has 0 saturated carbocycles. The Morgan fingerprint density at radius 2 is 2.37 bits per heavy atom. The van der Waals surface area contributed by atoms with Crippen molar-refractivity contribution < 1.29 is 9.21 Å². The van der Waals surface area contributed by atoms with Crippen molar-refractivity contribution in [2.75, 3.05) is 0 Å². The van der Waals surface area contributed by atoms with Gasteiger partial charge < -0.3 is 8.98 Å². The molecule has 0 spiro atoms. The molecule has 0 unspecified atom stereocenters. The van der Waals surface area contributed by atoms with Crippen molar-refractivity contribution in [1.29, 1.82) is 0 Å². The van der Waals surface area contributed by atoms with Gasteiger partial charge in [-0.2, -0.15) is 5.10 Å². The summed E-state index contributed by atoms with van der Waals surface area (Å²) in [5.74, 6) is 0.589. The highest BCUT2D eigenvalue weighted by atomic mass is 16.3. The largest absolute Gasteiger partial charge is 0.465 e. The smallest absolute Gasteiger partial charge is 0.245 e. The van der Waals surface area contributed by atoms with E-state index < -0.39 is 0 Å². The molecule has 2 aromatic rings. The fourth-order valence-electron chi connectivity index (χ4n) is 1.56. The summed E-state index contributed by atoms with van der Waals surface area (Å²) in [4.78, 5) is 11.6. The molecular formula is C14H15N3O2. The first-order chi connectivity index (χ1) is 9.25. The number of rotatable bonds is 5. The molecular weight excluding hydrogens is 242 g/mol. The van der Waals surface area contributed by atoms with E-state index in [0.717, 1.165) is 11.5 Å². The lowest BCUT2D eigenvalue weighted by Gasteiger charge is -2.01. The minimum Gasteiger partial charge on any atom is -0.465 e. The number of carbonyl (C=O) groups excluding carboxylic acids is 1. The van der Waals surface area contributed by atoms with Gasteiger partial charge in [0, 0.05) is 25.2 Å². The van der Waals surface area contributed by atoms with E-state index in [9.17, 15) is 4.79 Å². The van der Waals surface area contributed by atoms with Gasteiger partial charge in [-0.05, 0) is 36.4 Å². The summed E-state index contributed by atoms with van der Waals surface area (Å²) in [6.07, 6.45) is 8.76. The van der Waals surface area contributed by atoms with Crippen LogP contribution in [0.2, 0.25) is 0 Å². The zero-order valence-electron chi connectivity index (χ0n) is 10.6. The van der Waals surface area contributed by atoms with Gasteiger partial charge in [0.2, 0.25) is 5.91 Å². The molecule has 2 aromatic heterocycles. The van der Waals surface area contributed by atoms with Crippen LogP contribution in [0.5, 0.6) is 0 Å². The molecule has 0 aliphatic rings. The van der Waals surface area contributed by atoms with Crippen LogP contribution in [0, 0.1) is 0 Å². The van der Waals surface area contributed by atoms with Crippen molar-refractivity contribution >= 4 is 18.2 Å². The van der Waals surface area contributed by atoms with Gasteiger partial charge in [0.05, 0.1) is 12.7 Å². The summed E-state index contributed by atoms with van der Waals surface area (Å²) in [5, 5.41) is 3.82. The molecule has 5 nitrogen and oxygen atoms in total. The maximum absolute atomic E-state index is 11.6. The summed E-state index contributed by atoms with van der Waals surface area (Å²) in [5.41, 5.74) is 3.41. The molecule has 0 bridgehead atoms. The van der Waals surface area contributed by atoms with Crippen molar-refractivity contribution in [2.24, 2.45) is 12.1 Å². The Hall–Kier alpha value is -2.56. The number of aryl methyl sites for hydroxylation is 1. The van der Waals surface area contributed by atoms with Crippen LogP contribution >= 0.6 is 0 Å². The van der Waals surface area contributed by atoms with Crippen molar-refractivity contribution in [3.8, 4) is 0 Å². The molecule has 0 radical (unpaired) electrons. The Morgan fingerprint density at radius 3 is 3.05 bits per heavy atom. The highest BCUT2D eigenvalue weighted by Crippen LogP contribution is 2.01. The summed E-state index contributed by atoms with van der Waals surface area (Å²) < 4.78 is 7.01. The lowest BCUT2D eigenvalue weighted by Crippen LogP contribution is -2.20. The average Bonchev–Trinajstić information content (AvgIpc) is 3.02. The number of hydrazone groups is 1. The first-order valence-electron chi connectivity index (χ1n) is 5.88. The average molecular weight is 257 g/mol. The predicted octanol–water partition coefficient (Wildman–Crippen LogP) is 1.98. The Bertz CT molecular complexity index is 580. The lowest BCUT2D eigenvalue weighted by atomic mass is 10.3. The second kappa shape index (κ2) is 6.39. The highest BCUT2D eigenvalue weighted by Gasteiger charge is 2.03. The Morgan fingerprint density at radius 1 is 1.47 bits per heavy atom. The van der Waals surface area contributed by atoms with Crippen molar-refractivity contribution in [3.05, 3.63) is 54.3 Å². The number of amides is 1.